The van der Waals surface area contributed by atoms with Crippen molar-refractivity contribution in [3.05, 3.63) is 0 Å². The van der Waals surface area contributed by atoms with Crippen molar-refractivity contribution < 1.29 is 4.74 Å². The molecule has 2 unspecified atom stereocenters. The van der Waals surface area contributed by atoms with E-state index in [9.17, 15) is 0 Å². The Balaban J connectivity index is 1.51. The van der Waals surface area contributed by atoms with Crippen LogP contribution in [0.5, 0.6) is 0 Å². The molecule has 4 nitrogen and oxygen atoms in total. The second-order valence-corrected chi connectivity index (χ2v) is 4.92. The van der Waals surface area contributed by atoms with Gasteiger partial charge in [0.2, 0.25) is 0 Å². The Morgan fingerprint density at radius 3 is 2.88 bits per heavy atom. The van der Waals surface area contributed by atoms with Crippen LogP contribution in [0.1, 0.15) is 13.3 Å². The summed E-state index contributed by atoms with van der Waals surface area (Å²) in [5, 5.41) is 6.94. The summed E-state index contributed by atoms with van der Waals surface area (Å²) < 4.78 is 5.55. The van der Waals surface area contributed by atoms with E-state index in [2.05, 4.69) is 22.5 Å². The Hall–Kier alpha value is -0.160. The second kappa shape index (κ2) is 6.55. The van der Waals surface area contributed by atoms with Crippen LogP contribution in [0.25, 0.3) is 0 Å². The maximum absolute atomic E-state index is 5.55. The lowest BCUT2D eigenvalue weighted by molar-refractivity contribution is 0.105. The Labute approximate surface area is 98.7 Å². The largest absolute Gasteiger partial charge is 0.378 e. The Bertz CT molecular complexity index is 195. The van der Waals surface area contributed by atoms with Crippen molar-refractivity contribution in [2.45, 2.75) is 19.4 Å². The van der Waals surface area contributed by atoms with Gasteiger partial charge in [-0.05, 0) is 19.3 Å². The number of nitrogens with zero attached hydrogens (tertiary/aromatic N) is 1. The second-order valence-electron chi connectivity index (χ2n) is 4.92. The molecular formula is C12H25N3O. The molecule has 4 heteroatoms. The Kier molecular flexibility index (Phi) is 5.03. The van der Waals surface area contributed by atoms with Crippen LogP contribution in [0.3, 0.4) is 0 Å². The van der Waals surface area contributed by atoms with E-state index in [-0.39, 0.29) is 0 Å². The van der Waals surface area contributed by atoms with Crippen molar-refractivity contribution in [3.63, 3.8) is 0 Å². The fraction of sp³-hybridized carbons (Fsp3) is 1.00. The molecule has 2 saturated heterocycles. The smallest absolute Gasteiger partial charge is 0.0588 e. The number of nitrogens with one attached hydrogen (secondary N) is 2. The van der Waals surface area contributed by atoms with Gasteiger partial charge in [0.25, 0.3) is 0 Å². The van der Waals surface area contributed by atoms with E-state index < -0.39 is 0 Å². The lowest BCUT2D eigenvalue weighted by atomic mass is 10.0. The molecule has 0 aromatic heterocycles. The lowest BCUT2D eigenvalue weighted by Gasteiger charge is -2.27. The van der Waals surface area contributed by atoms with E-state index >= 15 is 0 Å². The summed E-state index contributed by atoms with van der Waals surface area (Å²) in [6, 6.07) is 0. The van der Waals surface area contributed by atoms with Gasteiger partial charge < -0.3 is 15.4 Å². The first-order valence-electron chi connectivity index (χ1n) is 6.61. The maximum atomic E-state index is 5.55. The van der Waals surface area contributed by atoms with Crippen molar-refractivity contribution in [1.29, 1.82) is 0 Å². The highest BCUT2D eigenvalue weighted by atomic mass is 16.5. The molecule has 0 aliphatic carbocycles. The maximum Gasteiger partial charge on any atom is 0.0588 e. The third kappa shape index (κ3) is 3.70. The normalized spacial score (nSPS) is 32.1. The zero-order chi connectivity index (χ0) is 11.2. The molecule has 94 valence electrons. The predicted molar refractivity (Wildman–Crippen MR) is 65.7 cm³/mol. The summed E-state index contributed by atoms with van der Waals surface area (Å²) >= 11 is 0. The van der Waals surface area contributed by atoms with Crippen molar-refractivity contribution in [3.8, 4) is 0 Å². The number of ether oxygens (including phenoxy) is 1. The Morgan fingerprint density at radius 2 is 2.19 bits per heavy atom. The van der Waals surface area contributed by atoms with Gasteiger partial charge in [-0.1, -0.05) is 0 Å². The first kappa shape index (κ1) is 12.3. The van der Waals surface area contributed by atoms with Gasteiger partial charge in [0.1, 0.15) is 0 Å². The summed E-state index contributed by atoms with van der Waals surface area (Å²) in [5.74, 6) is 0.725. The zero-order valence-corrected chi connectivity index (χ0v) is 10.4. The van der Waals surface area contributed by atoms with E-state index in [1.54, 1.807) is 0 Å². The quantitative estimate of drug-likeness (QED) is 0.644. The highest BCUT2D eigenvalue weighted by molar-refractivity contribution is 4.75. The molecule has 16 heavy (non-hydrogen) atoms. The predicted octanol–water partition coefficient (Wildman–Crippen LogP) is -0.0938. The van der Waals surface area contributed by atoms with Crippen LogP contribution in [0.2, 0.25) is 0 Å². The van der Waals surface area contributed by atoms with Gasteiger partial charge in [0, 0.05) is 52.4 Å². The molecule has 0 radical (unpaired) electrons. The van der Waals surface area contributed by atoms with Crippen LogP contribution in [0.4, 0.5) is 0 Å². The minimum Gasteiger partial charge on any atom is -0.378 e. The average molecular weight is 227 g/mol. The number of hydrogen-bond acceptors (Lipinski definition) is 4. The average Bonchev–Trinajstić information content (AvgIpc) is 2.72. The molecule has 2 aliphatic rings. The minimum atomic E-state index is 0.451. The molecule has 0 aromatic carbocycles. The molecule has 0 amide bonds. The highest BCUT2D eigenvalue weighted by Gasteiger charge is 2.23. The fourth-order valence-electron chi connectivity index (χ4n) is 2.50. The van der Waals surface area contributed by atoms with Gasteiger partial charge in [-0.25, -0.2) is 0 Å². The van der Waals surface area contributed by atoms with Gasteiger partial charge in [0.05, 0.1) is 6.10 Å². The van der Waals surface area contributed by atoms with Crippen molar-refractivity contribution >= 4 is 0 Å². The van der Waals surface area contributed by atoms with Crippen LogP contribution in [0.15, 0.2) is 0 Å². The molecule has 2 aliphatic heterocycles. The fourth-order valence-corrected chi connectivity index (χ4v) is 2.50. The van der Waals surface area contributed by atoms with E-state index in [0.29, 0.717) is 6.10 Å². The third-order valence-electron chi connectivity index (χ3n) is 3.75. The molecule has 2 rings (SSSR count). The molecule has 2 atom stereocenters. The van der Waals surface area contributed by atoms with Crippen LogP contribution in [-0.4, -0.2) is 63.4 Å². The van der Waals surface area contributed by atoms with Crippen molar-refractivity contribution in [1.82, 2.24) is 15.5 Å². The van der Waals surface area contributed by atoms with Gasteiger partial charge in [-0.3, -0.25) is 4.90 Å². The van der Waals surface area contributed by atoms with Crippen molar-refractivity contribution in [2.24, 2.45) is 5.92 Å². The molecule has 2 fully saturated rings. The van der Waals surface area contributed by atoms with E-state index in [1.165, 1.54) is 26.1 Å². The van der Waals surface area contributed by atoms with Gasteiger partial charge >= 0.3 is 0 Å². The summed E-state index contributed by atoms with van der Waals surface area (Å²) in [6.45, 7) is 11.2. The summed E-state index contributed by atoms with van der Waals surface area (Å²) in [4.78, 5) is 2.53. The number of hydrogen-bond donors (Lipinski definition) is 2. The molecule has 0 bridgehead atoms. The number of rotatable bonds is 5. The number of piperazine rings is 1. The van der Waals surface area contributed by atoms with Gasteiger partial charge in [0.15, 0.2) is 0 Å². The molecule has 2 heterocycles. The molecule has 0 saturated carbocycles. The van der Waals surface area contributed by atoms with E-state index in [0.717, 1.165) is 38.7 Å². The first-order chi connectivity index (χ1) is 7.86. The standard InChI is InChI=1S/C12H25N3O/c1-11-12(2-9-16-11)10-14-5-8-15-6-3-13-4-7-15/h11-14H,2-10H2,1H3. The van der Waals surface area contributed by atoms with Gasteiger partial charge in [-0.2, -0.15) is 0 Å². The Morgan fingerprint density at radius 1 is 1.38 bits per heavy atom. The third-order valence-corrected chi connectivity index (χ3v) is 3.75. The summed E-state index contributed by atoms with van der Waals surface area (Å²) in [5.41, 5.74) is 0. The molecule has 0 aromatic rings. The van der Waals surface area contributed by atoms with E-state index in [1.807, 2.05) is 0 Å². The van der Waals surface area contributed by atoms with Crippen LogP contribution >= 0.6 is 0 Å². The molecule has 2 N–H and O–H groups in total. The van der Waals surface area contributed by atoms with Crippen LogP contribution in [-0.2, 0) is 4.74 Å². The zero-order valence-electron chi connectivity index (χ0n) is 10.4. The van der Waals surface area contributed by atoms with E-state index in [4.69, 9.17) is 4.74 Å². The van der Waals surface area contributed by atoms with Crippen LogP contribution < -0.4 is 10.6 Å². The van der Waals surface area contributed by atoms with Gasteiger partial charge in [-0.15, -0.1) is 0 Å². The minimum absolute atomic E-state index is 0.451. The molecular weight excluding hydrogens is 202 g/mol. The lowest BCUT2D eigenvalue weighted by Crippen LogP contribution is -2.46. The topological polar surface area (TPSA) is 36.5 Å². The highest BCUT2D eigenvalue weighted by Crippen LogP contribution is 2.18. The summed E-state index contributed by atoms with van der Waals surface area (Å²) in [6.07, 6.45) is 1.67. The monoisotopic (exact) mass is 227 g/mol. The summed E-state index contributed by atoms with van der Waals surface area (Å²) in [7, 11) is 0. The molecule has 0 spiro atoms. The first-order valence-corrected chi connectivity index (χ1v) is 6.61. The van der Waals surface area contributed by atoms with Crippen molar-refractivity contribution in [2.75, 3.05) is 52.4 Å². The van der Waals surface area contributed by atoms with Crippen LogP contribution in [0, 0.1) is 5.92 Å². The SMILES string of the molecule is CC1OCCC1CNCCN1CCNCC1.